The van der Waals surface area contributed by atoms with Gasteiger partial charge in [0.2, 0.25) is 0 Å². The maximum atomic E-state index is 12.4. The summed E-state index contributed by atoms with van der Waals surface area (Å²) in [5.41, 5.74) is 2.05. The van der Waals surface area contributed by atoms with Gasteiger partial charge in [0.1, 0.15) is 0 Å². The van der Waals surface area contributed by atoms with Crippen molar-refractivity contribution in [3.63, 3.8) is 0 Å². The molecule has 1 unspecified atom stereocenters. The van der Waals surface area contributed by atoms with E-state index in [0.29, 0.717) is 0 Å². The van der Waals surface area contributed by atoms with Gasteiger partial charge in [-0.15, -0.1) is 0 Å². The number of rotatable bonds is 3. The average molecular weight is 235 g/mol. The molecule has 0 saturated carbocycles. The summed E-state index contributed by atoms with van der Waals surface area (Å²) >= 11 is 0. The lowest BCUT2D eigenvalue weighted by Crippen LogP contribution is -2.05. The molecule has 0 N–H and O–H groups in total. The second kappa shape index (κ2) is 4.42. The van der Waals surface area contributed by atoms with Crippen LogP contribution in [-0.2, 0) is 9.73 Å². The fraction of sp³-hybridized carbons (Fsp3) is 0.385. The number of unbranched alkanes of at least 4 members (excludes halogenated alkanes) is 1. The second-order valence-corrected chi connectivity index (χ2v) is 6.40. The van der Waals surface area contributed by atoms with E-state index in [4.69, 9.17) is 0 Å². The van der Waals surface area contributed by atoms with Gasteiger partial charge in [-0.05, 0) is 30.5 Å². The molecule has 1 aliphatic rings. The van der Waals surface area contributed by atoms with Gasteiger partial charge < -0.3 is 0 Å². The quantitative estimate of drug-likeness (QED) is 0.785. The lowest BCUT2D eigenvalue weighted by atomic mass is 10.1. The molecular formula is C13H17NOS. The third-order valence-electron chi connectivity index (χ3n) is 2.73. The third-order valence-corrected chi connectivity index (χ3v) is 4.50. The number of benzene rings is 1. The maximum Gasteiger partial charge on any atom is 0.0774 e. The Morgan fingerprint density at radius 1 is 1.31 bits per heavy atom. The summed E-state index contributed by atoms with van der Waals surface area (Å²) in [5, 5.41) is 0. The minimum Gasteiger partial charge on any atom is -0.245 e. The zero-order valence-corrected chi connectivity index (χ0v) is 10.6. The van der Waals surface area contributed by atoms with Crippen LogP contribution in [0, 0.1) is 0 Å². The first-order chi connectivity index (χ1) is 7.63. The lowest BCUT2D eigenvalue weighted by molar-refractivity contribution is 0.678. The van der Waals surface area contributed by atoms with Gasteiger partial charge in [0.15, 0.2) is 0 Å². The first-order valence-corrected chi connectivity index (χ1v) is 7.57. The van der Waals surface area contributed by atoms with Crippen LogP contribution in [0.1, 0.15) is 31.7 Å². The van der Waals surface area contributed by atoms with Gasteiger partial charge >= 0.3 is 0 Å². The molecule has 16 heavy (non-hydrogen) atoms. The summed E-state index contributed by atoms with van der Waals surface area (Å²) in [6.45, 7) is 2.15. The summed E-state index contributed by atoms with van der Waals surface area (Å²) < 4.78 is 16.8. The Hall–Kier alpha value is -1.09. The standard InChI is InChI=1S/C13H17NOS/c1-3-4-8-12-10-11-7-5-6-9-13(11)16(2,15)14-12/h5-7,9-10H,3-4,8H2,1-2H3. The van der Waals surface area contributed by atoms with Gasteiger partial charge in [0.25, 0.3) is 0 Å². The van der Waals surface area contributed by atoms with E-state index in [9.17, 15) is 4.21 Å². The molecule has 1 aromatic rings. The van der Waals surface area contributed by atoms with Crippen molar-refractivity contribution in [2.45, 2.75) is 31.1 Å². The topological polar surface area (TPSA) is 29.4 Å². The summed E-state index contributed by atoms with van der Waals surface area (Å²) in [6.07, 6.45) is 6.96. The SMILES string of the molecule is CCCCC1=Cc2ccccc2S(C)(=O)=N1. The van der Waals surface area contributed by atoms with Crippen molar-refractivity contribution in [3.8, 4) is 0 Å². The number of hydrogen-bond acceptors (Lipinski definition) is 2. The van der Waals surface area contributed by atoms with Crippen molar-refractivity contribution >= 4 is 15.8 Å². The van der Waals surface area contributed by atoms with Crippen molar-refractivity contribution in [1.29, 1.82) is 0 Å². The molecule has 1 aliphatic heterocycles. The summed E-state index contributed by atoms with van der Waals surface area (Å²) in [5.74, 6) is 0. The summed E-state index contributed by atoms with van der Waals surface area (Å²) in [4.78, 5) is 0.871. The Balaban J connectivity index is 2.46. The van der Waals surface area contributed by atoms with E-state index in [1.165, 1.54) is 0 Å². The van der Waals surface area contributed by atoms with E-state index in [2.05, 4.69) is 17.4 Å². The molecule has 2 nitrogen and oxygen atoms in total. The molecule has 0 radical (unpaired) electrons. The van der Waals surface area contributed by atoms with Crippen molar-refractivity contribution < 1.29 is 4.21 Å². The molecule has 1 heterocycles. The Labute approximate surface area is 97.6 Å². The molecule has 86 valence electrons. The van der Waals surface area contributed by atoms with Crippen molar-refractivity contribution in [3.05, 3.63) is 35.5 Å². The zero-order chi connectivity index (χ0) is 11.6. The second-order valence-electron chi connectivity index (χ2n) is 4.17. The minimum atomic E-state index is -2.21. The van der Waals surface area contributed by atoms with Gasteiger partial charge in [0, 0.05) is 6.26 Å². The highest BCUT2D eigenvalue weighted by Gasteiger charge is 2.15. The Bertz CT molecular complexity index is 537. The van der Waals surface area contributed by atoms with Crippen LogP contribution in [0.4, 0.5) is 0 Å². The van der Waals surface area contributed by atoms with E-state index < -0.39 is 9.73 Å². The van der Waals surface area contributed by atoms with Gasteiger partial charge in [-0.25, -0.2) is 4.21 Å². The predicted octanol–water partition coefficient (Wildman–Crippen LogP) is 3.69. The largest absolute Gasteiger partial charge is 0.245 e. The first-order valence-electron chi connectivity index (χ1n) is 5.65. The highest BCUT2D eigenvalue weighted by Crippen LogP contribution is 2.28. The van der Waals surface area contributed by atoms with Crippen LogP contribution in [0.2, 0.25) is 0 Å². The lowest BCUT2D eigenvalue weighted by Gasteiger charge is -2.15. The molecule has 0 amide bonds. The van der Waals surface area contributed by atoms with E-state index in [1.54, 1.807) is 6.26 Å². The highest BCUT2D eigenvalue weighted by atomic mass is 32.2. The number of hydrogen-bond donors (Lipinski definition) is 0. The van der Waals surface area contributed by atoms with Crippen molar-refractivity contribution in [2.24, 2.45) is 4.36 Å². The van der Waals surface area contributed by atoms with Crippen LogP contribution in [-0.4, -0.2) is 10.5 Å². The van der Waals surface area contributed by atoms with Crippen molar-refractivity contribution in [1.82, 2.24) is 0 Å². The number of nitrogens with zero attached hydrogens (tertiary/aromatic N) is 1. The van der Waals surface area contributed by atoms with Crippen LogP contribution in [0.5, 0.6) is 0 Å². The fourth-order valence-corrected chi connectivity index (χ4v) is 3.48. The Morgan fingerprint density at radius 2 is 2.06 bits per heavy atom. The molecule has 0 bridgehead atoms. The number of allylic oxidation sites excluding steroid dienone is 1. The maximum absolute atomic E-state index is 12.4. The highest BCUT2D eigenvalue weighted by molar-refractivity contribution is 7.93. The molecule has 1 atom stereocenters. The zero-order valence-electron chi connectivity index (χ0n) is 9.77. The summed E-state index contributed by atoms with van der Waals surface area (Å²) in [7, 11) is -2.21. The molecule has 2 rings (SSSR count). The van der Waals surface area contributed by atoms with Crippen molar-refractivity contribution in [2.75, 3.05) is 6.26 Å². The normalized spacial score (nSPS) is 23.2. The monoisotopic (exact) mass is 235 g/mol. The minimum absolute atomic E-state index is 0.871. The van der Waals surface area contributed by atoms with Gasteiger partial charge in [-0.2, -0.15) is 4.36 Å². The molecule has 0 aliphatic carbocycles. The first kappa shape index (κ1) is 11.4. The van der Waals surface area contributed by atoms with Crippen LogP contribution in [0.3, 0.4) is 0 Å². The van der Waals surface area contributed by atoms with E-state index in [0.717, 1.165) is 35.4 Å². The van der Waals surface area contributed by atoms with Gasteiger partial charge in [-0.3, -0.25) is 0 Å². The Kier molecular flexibility index (Phi) is 3.15. The van der Waals surface area contributed by atoms with E-state index in [-0.39, 0.29) is 0 Å². The third kappa shape index (κ3) is 2.19. The van der Waals surface area contributed by atoms with Crippen LogP contribution in [0.25, 0.3) is 6.08 Å². The van der Waals surface area contributed by atoms with E-state index in [1.807, 2.05) is 24.3 Å². The predicted molar refractivity (Wildman–Crippen MR) is 68.7 cm³/mol. The van der Waals surface area contributed by atoms with Gasteiger partial charge in [-0.1, -0.05) is 31.5 Å². The van der Waals surface area contributed by atoms with Crippen LogP contribution >= 0.6 is 0 Å². The fourth-order valence-electron chi connectivity index (χ4n) is 1.90. The molecule has 0 aromatic heterocycles. The smallest absolute Gasteiger partial charge is 0.0774 e. The number of fused-ring (bicyclic) bond motifs is 1. The molecule has 3 heteroatoms. The summed E-state index contributed by atoms with van der Waals surface area (Å²) in [6, 6.07) is 7.82. The van der Waals surface area contributed by atoms with Gasteiger partial charge in [0.05, 0.1) is 20.3 Å². The van der Waals surface area contributed by atoms with Crippen LogP contribution in [0.15, 0.2) is 39.2 Å². The molecule has 0 saturated heterocycles. The average Bonchev–Trinajstić information content (AvgIpc) is 2.25. The Morgan fingerprint density at radius 3 is 2.81 bits per heavy atom. The van der Waals surface area contributed by atoms with Crippen LogP contribution < -0.4 is 0 Å². The molecular weight excluding hydrogens is 218 g/mol. The molecule has 0 spiro atoms. The molecule has 1 aromatic carbocycles. The molecule has 0 fully saturated rings. The van der Waals surface area contributed by atoms with E-state index >= 15 is 0 Å².